The number of rotatable bonds is 4. The molecule has 0 spiro atoms. The highest BCUT2D eigenvalue weighted by atomic mass is 16.2. The molecule has 2 amide bonds. The van der Waals surface area contributed by atoms with Gasteiger partial charge in [-0.1, -0.05) is 65.8 Å². The average molecular weight is 318 g/mol. The molecule has 1 rings (SSSR count). The van der Waals surface area contributed by atoms with Gasteiger partial charge < -0.3 is 10.6 Å². The Morgan fingerprint density at radius 3 is 1.96 bits per heavy atom. The Morgan fingerprint density at radius 1 is 1.00 bits per heavy atom. The SMILES string of the molecule is CC(NC(=O)CNC(=O)C(C)(C)C)c1ccc(C(C)(C)C)cc1. The molecule has 1 aromatic carbocycles. The maximum absolute atomic E-state index is 12.0. The van der Waals surface area contributed by atoms with Gasteiger partial charge in [0.25, 0.3) is 0 Å². The van der Waals surface area contributed by atoms with E-state index >= 15 is 0 Å². The van der Waals surface area contributed by atoms with Crippen molar-refractivity contribution in [1.82, 2.24) is 10.6 Å². The first-order valence-corrected chi connectivity index (χ1v) is 8.09. The zero-order valence-electron chi connectivity index (χ0n) is 15.4. The standard InChI is InChI=1S/C19H30N2O2/c1-13(14-8-10-15(11-9-14)18(2,3)4)21-16(22)12-20-17(23)19(5,6)7/h8-11,13H,12H2,1-7H3,(H,20,23)(H,21,22). The summed E-state index contributed by atoms with van der Waals surface area (Å²) < 4.78 is 0. The van der Waals surface area contributed by atoms with Crippen molar-refractivity contribution < 1.29 is 9.59 Å². The summed E-state index contributed by atoms with van der Waals surface area (Å²) in [6.45, 7) is 13.9. The molecular formula is C19H30N2O2. The summed E-state index contributed by atoms with van der Waals surface area (Å²) in [5.74, 6) is -0.315. The summed E-state index contributed by atoms with van der Waals surface area (Å²) in [7, 11) is 0. The third-order valence-corrected chi connectivity index (χ3v) is 3.74. The van der Waals surface area contributed by atoms with Gasteiger partial charge in [-0.05, 0) is 23.5 Å². The van der Waals surface area contributed by atoms with E-state index in [9.17, 15) is 9.59 Å². The molecule has 0 aliphatic rings. The monoisotopic (exact) mass is 318 g/mol. The van der Waals surface area contributed by atoms with Crippen molar-refractivity contribution in [2.45, 2.75) is 59.9 Å². The Bertz CT molecular complexity index is 548. The van der Waals surface area contributed by atoms with E-state index in [0.717, 1.165) is 5.56 Å². The summed E-state index contributed by atoms with van der Waals surface area (Å²) >= 11 is 0. The lowest BCUT2D eigenvalue weighted by Crippen LogP contribution is -2.42. The van der Waals surface area contributed by atoms with Crippen LogP contribution in [0, 0.1) is 5.41 Å². The molecule has 1 atom stereocenters. The van der Waals surface area contributed by atoms with Crippen LogP contribution in [0.5, 0.6) is 0 Å². The van der Waals surface area contributed by atoms with Crippen LogP contribution < -0.4 is 10.6 Å². The minimum Gasteiger partial charge on any atom is -0.348 e. The highest BCUT2D eigenvalue weighted by molar-refractivity contribution is 5.87. The number of benzene rings is 1. The Kier molecular flexibility index (Phi) is 5.98. The van der Waals surface area contributed by atoms with Crippen molar-refractivity contribution in [2.75, 3.05) is 6.54 Å². The summed E-state index contributed by atoms with van der Waals surface area (Å²) in [5.41, 5.74) is 1.93. The molecule has 23 heavy (non-hydrogen) atoms. The van der Waals surface area contributed by atoms with Gasteiger partial charge in [-0.2, -0.15) is 0 Å². The number of amides is 2. The minimum absolute atomic E-state index is 0.000514. The molecule has 0 fully saturated rings. The highest BCUT2D eigenvalue weighted by Crippen LogP contribution is 2.23. The van der Waals surface area contributed by atoms with Crippen LogP contribution in [-0.4, -0.2) is 18.4 Å². The topological polar surface area (TPSA) is 58.2 Å². The van der Waals surface area contributed by atoms with Crippen LogP contribution in [-0.2, 0) is 15.0 Å². The maximum Gasteiger partial charge on any atom is 0.239 e. The zero-order valence-corrected chi connectivity index (χ0v) is 15.4. The smallest absolute Gasteiger partial charge is 0.239 e. The van der Waals surface area contributed by atoms with E-state index in [-0.39, 0.29) is 29.8 Å². The van der Waals surface area contributed by atoms with Gasteiger partial charge in [-0.3, -0.25) is 9.59 Å². The molecule has 0 heterocycles. The van der Waals surface area contributed by atoms with Gasteiger partial charge >= 0.3 is 0 Å². The van der Waals surface area contributed by atoms with Gasteiger partial charge in [-0.25, -0.2) is 0 Å². The predicted octanol–water partition coefficient (Wildman–Crippen LogP) is 3.32. The van der Waals surface area contributed by atoms with Crippen molar-refractivity contribution in [3.63, 3.8) is 0 Å². The summed E-state index contributed by atoms with van der Waals surface area (Å²) in [5, 5.41) is 5.56. The zero-order chi connectivity index (χ0) is 17.8. The predicted molar refractivity (Wildman–Crippen MR) is 94.2 cm³/mol. The van der Waals surface area contributed by atoms with Crippen LogP contribution in [0.25, 0.3) is 0 Å². The van der Waals surface area contributed by atoms with Gasteiger partial charge in [0, 0.05) is 5.41 Å². The quantitative estimate of drug-likeness (QED) is 0.894. The fourth-order valence-electron chi connectivity index (χ4n) is 2.07. The molecule has 128 valence electrons. The third kappa shape index (κ3) is 6.05. The Hall–Kier alpha value is -1.84. The third-order valence-electron chi connectivity index (χ3n) is 3.74. The van der Waals surface area contributed by atoms with E-state index in [0.29, 0.717) is 0 Å². The van der Waals surface area contributed by atoms with Gasteiger partial charge in [0.15, 0.2) is 0 Å². The minimum atomic E-state index is -0.491. The van der Waals surface area contributed by atoms with Gasteiger partial charge in [0.1, 0.15) is 0 Å². The molecule has 4 heteroatoms. The first-order chi connectivity index (χ1) is 10.4. The van der Waals surface area contributed by atoms with Crippen LogP contribution in [0.3, 0.4) is 0 Å². The molecule has 0 bridgehead atoms. The largest absolute Gasteiger partial charge is 0.348 e. The van der Waals surface area contributed by atoms with Crippen LogP contribution >= 0.6 is 0 Å². The molecular weight excluding hydrogens is 288 g/mol. The van der Waals surface area contributed by atoms with Crippen molar-refractivity contribution in [1.29, 1.82) is 0 Å². The lowest BCUT2D eigenvalue weighted by molar-refractivity contribution is -0.131. The number of carbonyl (C=O) groups excluding carboxylic acids is 2. The van der Waals surface area contributed by atoms with E-state index in [2.05, 4.69) is 43.5 Å². The Morgan fingerprint density at radius 2 is 1.52 bits per heavy atom. The summed E-state index contributed by atoms with van der Waals surface area (Å²) in [4.78, 5) is 23.7. The van der Waals surface area contributed by atoms with Crippen molar-refractivity contribution in [3.05, 3.63) is 35.4 Å². The molecule has 2 N–H and O–H groups in total. The average Bonchev–Trinajstić information content (AvgIpc) is 2.42. The van der Waals surface area contributed by atoms with Crippen LogP contribution in [0.4, 0.5) is 0 Å². The Labute approximate surface area is 140 Å². The summed E-state index contributed by atoms with van der Waals surface area (Å²) in [6.07, 6.45) is 0. The number of hydrogen-bond donors (Lipinski definition) is 2. The lowest BCUT2D eigenvalue weighted by Gasteiger charge is -2.21. The molecule has 4 nitrogen and oxygen atoms in total. The molecule has 0 aliphatic carbocycles. The van der Waals surface area contributed by atoms with Crippen LogP contribution in [0.2, 0.25) is 0 Å². The van der Waals surface area contributed by atoms with E-state index in [1.165, 1.54) is 5.56 Å². The summed E-state index contributed by atoms with van der Waals surface area (Å²) in [6, 6.07) is 8.18. The lowest BCUT2D eigenvalue weighted by atomic mass is 9.86. The fraction of sp³-hybridized carbons (Fsp3) is 0.579. The molecule has 1 aromatic rings. The molecule has 0 aromatic heterocycles. The first kappa shape index (κ1) is 19.2. The number of hydrogen-bond acceptors (Lipinski definition) is 2. The number of nitrogens with one attached hydrogen (secondary N) is 2. The van der Waals surface area contributed by atoms with Crippen molar-refractivity contribution in [2.24, 2.45) is 5.41 Å². The van der Waals surface area contributed by atoms with Crippen molar-refractivity contribution in [3.8, 4) is 0 Å². The Balaban J connectivity index is 2.57. The molecule has 1 unspecified atom stereocenters. The molecule has 0 saturated heterocycles. The fourth-order valence-corrected chi connectivity index (χ4v) is 2.07. The number of carbonyl (C=O) groups is 2. The second-order valence-electron chi connectivity index (χ2n) is 8.09. The highest BCUT2D eigenvalue weighted by Gasteiger charge is 2.21. The first-order valence-electron chi connectivity index (χ1n) is 8.09. The maximum atomic E-state index is 12.0. The van der Waals surface area contributed by atoms with Crippen molar-refractivity contribution >= 4 is 11.8 Å². The van der Waals surface area contributed by atoms with Crippen LogP contribution in [0.1, 0.15) is 65.6 Å². The molecule has 0 aliphatic heterocycles. The van der Waals surface area contributed by atoms with Gasteiger partial charge in [0.05, 0.1) is 12.6 Å². The second kappa shape index (κ2) is 7.16. The van der Waals surface area contributed by atoms with Gasteiger partial charge in [0.2, 0.25) is 11.8 Å². The van der Waals surface area contributed by atoms with E-state index in [1.54, 1.807) is 0 Å². The van der Waals surface area contributed by atoms with E-state index in [4.69, 9.17) is 0 Å². The normalized spacial score (nSPS) is 13.3. The molecule has 0 saturated carbocycles. The van der Waals surface area contributed by atoms with E-state index < -0.39 is 5.41 Å². The second-order valence-corrected chi connectivity index (χ2v) is 8.09. The van der Waals surface area contributed by atoms with Gasteiger partial charge in [-0.15, -0.1) is 0 Å². The van der Waals surface area contributed by atoms with Crippen LogP contribution in [0.15, 0.2) is 24.3 Å². The molecule has 0 radical (unpaired) electrons. The van der Waals surface area contributed by atoms with E-state index in [1.807, 2.05) is 39.8 Å².